The highest BCUT2D eigenvalue weighted by molar-refractivity contribution is 6.07. The summed E-state index contributed by atoms with van der Waals surface area (Å²) < 4.78 is 0. The lowest BCUT2D eigenvalue weighted by Gasteiger charge is -2.20. The van der Waals surface area contributed by atoms with Gasteiger partial charge >= 0.3 is 0 Å². The average molecular weight is 426 g/mol. The molecule has 0 unspecified atom stereocenters. The van der Waals surface area contributed by atoms with Crippen molar-refractivity contribution in [3.05, 3.63) is 76.9 Å². The molecule has 0 fully saturated rings. The summed E-state index contributed by atoms with van der Waals surface area (Å²) in [5.41, 5.74) is 11.6. The molecule has 0 aliphatic carbocycles. The zero-order valence-corrected chi connectivity index (χ0v) is 18.2. The number of benzene rings is 1. The number of nitrogens with two attached hydrogens (primary N) is 1. The molecule has 160 valence electrons. The van der Waals surface area contributed by atoms with Crippen molar-refractivity contribution in [3.8, 4) is 11.4 Å². The van der Waals surface area contributed by atoms with Gasteiger partial charge in [-0.2, -0.15) is 0 Å². The fraction of sp³-hybridized carbons (Fsp3) is 0.167. The van der Waals surface area contributed by atoms with Gasteiger partial charge in [0.2, 0.25) is 0 Å². The lowest BCUT2D eigenvalue weighted by molar-refractivity contribution is 0.0992. The highest BCUT2D eigenvalue weighted by Gasteiger charge is 2.18. The van der Waals surface area contributed by atoms with Crippen molar-refractivity contribution in [1.29, 1.82) is 0 Å². The Morgan fingerprint density at radius 3 is 2.44 bits per heavy atom. The smallest absolute Gasteiger partial charge is 0.267 e. The first-order chi connectivity index (χ1) is 15.2. The fourth-order valence-corrected chi connectivity index (χ4v) is 3.66. The van der Waals surface area contributed by atoms with Gasteiger partial charge in [-0.1, -0.05) is 0 Å². The number of aromatic nitrogens is 4. The van der Waals surface area contributed by atoms with E-state index in [2.05, 4.69) is 15.0 Å². The van der Waals surface area contributed by atoms with Crippen LogP contribution < -0.4 is 10.6 Å². The molecule has 0 aliphatic rings. The second-order valence-corrected chi connectivity index (χ2v) is 7.67. The van der Waals surface area contributed by atoms with Crippen LogP contribution in [-0.2, 0) is 0 Å². The molecular formula is C24H22N6O2. The summed E-state index contributed by atoms with van der Waals surface area (Å²) in [6.07, 6.45) is 3.13. The minimum absolute atomic E-state index is 0.0461. The van der Waals surface area contributed by atoms with E-state index in [9.17, 15) is 9.59 Å². The standard InChI is InChI=1S/C24H22N6O2/c1-13-10-16(23-27-12-19-21(29-23)14(2)9-15(3)28-19)5-6-20(13)30(4)24(32)17-7-8-26-18(11-17)22(25)31/h5-12H,1-4H3,(H2,25,31). The molecule has 2 N–H and O–H groups in total. The zero-order valence-electron chi connectivity index (χ0n) is 18.2. The van der Waals surface area contributed by atoms with Gasteiger partial charge in [0.05, 0.1) is 11.7 Å². The van der Waals surface area contributed by atoms with Crippen LogP contribution in [0.2, 0.25) is 0 Å². The van der Waals surface area contributed by atoms with Crippen molar-refractivity contribution in [2.24, 2.45) is 5.73 Å². The molecule has 32 heavy (non-hydrogen) atoms. The van der Waals surface area contributed by atoms with E-state index in [-0.39, 0.29) is 11.6 Å². The zero-order chi connectivity index (χ0) is 23.0. The number of primary amides is 1. The van der Waals surface area contributed by atoms with E-state index in [1.165, 1.54) is 17.2 Å². The molecule has 0 atom stereocenters. The molecular weight excluding hydrogens is 404 g/mol. The summed E-state index contributed by atoms with van der Waals surface area (Å²) in [6, 6.07) is 10.6. The van der Waals surface area contributed by atoms with Crippen LogP contribution in [0.25, 0.3) is 22.4 Å². The first-order valence-electron chi connectivity index (χ1n) is 10.0. The summed E-state index contributed by atoms with van der Waals surface area (Å²) in [5.74, 6) is -0.362. The summed E-state index contributed by atoms with van der Waals surface area (Å²) in [5, 5.41) is 0. The Bertz CT molecular complexity index is 1380. The van der Waals surface area contributed by atoms with Crippen molar-refractivity contribution in [2.75, 3.05) is 11.9 Å². The van der Waals surface area contributed by atoms with E-state index < -0.39 is 5.91 Å². The second-order valence-electron chi connectivity index (χ2n) is 7.67. The van der Waals surface area contributed by atoms with Crippen LogP contribution in [0.5, 0.6) is 0 Å². The lowest BCUT2D eigenvalue weighted by Crippen LogP contribution is -2.27. The minimum atomic E-state index is -0.682. The van der Waals surface area contributed by atoms with Crippen molar-refractivity contribution < 1.29 is 9.59 Å². The molecule has 0 saturated heterocycles. The molecule has 0 bridgehead atoms. The summed E-state index contributed by atoms with van der Waals surface area (Å²) in [7, 11) is 1.68. The third-order valence-corrected chi connectivity index (χ3v) is 5.25. The molecule has 8 heteroatoms. The number of fused-ring (bicyclic) bond motifs is 1. The molecule has 0 saturated carbocycles. The topological polar surface area (TPSA) is 115 Å². The number of hydrogen-bond donors (Lipinski definition) is 1. The Morgan fingerprint density at radius 2 is 1.72 bits per heavy atom. The molecule has 2 amide bonds. The highest BCUT2D eigenvalue weighted by atomic mass is 16.2. The number of rotatable bonds is 4. The predicted octanol–water partition coefficient (Wildman–Crippen LogP) is 3.39. The number of pyridine rings is 2. The fourth-order valence-electron chi connectivity index (χ4n) is 3.66. The third kappa shape index (κ3) is 3.90. The first-order valence-corrected chi connectivity index (χ1v) is 10.0. The molecule has 0 spiro atoms. The molecule has 8 nitrogen and oxygen atoms in total. The van der Waals surface area contributed by atoms with Crippen LogP contribution >= 0.6 is 0 Å². The molecule has 4 aromatic rings. The maximum Gasteiger partial charge on any atom is 0.267 e. The normalized spacial score (nSPS) is 10.9. The van der Waals surface area contributed by atoms with Crippen LogP contribution in [0.15, 0.2) is 48.8 Å². The largest absolute Gasteiger partial charge is 0.364 e. The molecule has 4 rings (SSSR count). The number of carbonyl (C=O) groups excluding carboxylic acids is 2. The Kier molecular flexibility index (Phi) is 5.36. The maximum absolute atomic E-state index is 13.0. The van der Waals surface area contributed by atoms with Gasteiger partial charge in [-0.25, -0.2) is 15.0 Å². The van der Waals surface area contributed by atoms with E-state index in [4.69, 9.17) is 10.7 Å². The summed E-state index contributed by atoms with van der Waals surface area (Å²) in [4.78, 5) is 43.4. The molecule has 1 aromatic carbocycles. The monoisotopic (exact) mass is 426 g/mol. The number of nitrogens with zero attached hydrogens (tertiary/aromatic N) is 5. The lowest BCUT2D eigenvalue weighted by atomic mass is 10.1. The van der Waals surface area contributed by atoms with Crippen LogP contribution in [0.4, 0.5) is 5.69 Å². The maximum atomic E-state index is 13.0. The number of hydrogen-bond acceptors (Lipinski definition) is 6. The average Bonchev–Trinajstić information content (AvgIpc) is 2.78. The highest BCUT2D eigenvalue weighted by Crippen LogP contribution is 2.27. The Morgan fingerprint density at radius 1 is 0.938 bits per heavy atom. The van der Waals surface area contributed by atoms with Crippen LogP contribution in [0.1, 0.15) is 37.7 Å². The number of amides is 2. The van der Waals surface area contributed by atoms with E-state index in [0.717, 1.165) is 39.1 Å². The minimum Gasteiger partial charge on any atom is -0.364 e. The Balaban J connectivity index is 1.66. The first kappa shape index (κ1) is 21.0. The predicted molar refractivity (Wildman–Crippen MR) is 122 cm³/mol. The summed E-state index contributed by atoms with van der Waals surface area (Å²) >= 11 is 0. The van der Waals surface area contributed by atoms with E-state index in [1.807, 2.05) is 45.0 Å². The van der Waals surface area contributed by atoms with Crippen molar-refractivity contribution in [2.45, 2.75) is 20.8 Å². The van der Waals surface area contributed by atoms with Gasteiger partial charge in [0.25, 0.3) is 11.8 Å². The molecule has 3 aromatic heterocycles. The van der Waals surface area contributed by atoms with Gasteiger partial charge in [-0.3, -0.25) is 14.6 Å². The molecule has 3 heterocycles. The quantitative estimate of drug-likeness (QED) is 0.535. The van der Waals surface area contributed by atoms with Gasteiger partial charge in [-0.05, 0) is 68.3 Å². The summed E-state index contributed by atoms with van der Waals surface area (Å²) in [6.45, 7) is 5.87. The van der Waals surface area contributed by atoms with Gasteiger partial charge in [0.15, 0.2) is 5.82 Å². The number of anilines is 1. The van der Waals surface area contributed by atoms with Crippen molar-refractivity contribution >= 4 is 28.5 Å². The van der Waals surface area contributed by atoms with E-state index in [0.29, 0.717) is 11.4 Å². The number of aryl methyl sites for hydroxylation is 3. The van der Waals surface area contributed by atoms with Gasteiger partial charge in [-0.15, -0.1) is 0 Å². The van der Waals surface area contributed by atoms with Crippen molar-refractivity contribution in [3.63, 3.8) is 0 Å². The second kappa shape index (κ2) is 8.14. The third-order valence-electron chi connectivity index (χ3n) is 5.25. The van der Waals surface area contributed by atoms with E-state index >= 15 is 0 Å². The van der Waals surface area contributed by atoms with Gasteiger partial charge in [0.1, 0.15) is 11.2 Å². The van der Waals surface area contributed by atoms with Gasteiger partial charge < -0.3 is 10.6 Å². The molecule has 0 aliphatic heterocycles. The van der Waals surface area contributed by atoms with Gasteiger partial charge in [0, 0.05) is 35.8 Å². The number of carbonyl (C=O) groups is 2. The van der Waals surface area contributed by atoms with Crippen LogP contribution in [0, 0.1) is 20.8 Å². The van der Waals surface area contributed by atoms with Crippen molar-refractivity contribution in [1.82, 2.24) is 19.9 Å². The molecule has 0 radical (unpaired) electrons. The van der Waals surface area contributed by atoms with Crippen LogP contribution in [0.3, 0.4) is 0 Å². The van der Waals surface area contributed by atoms with Crippen LogP contribution in [-0.4, -0.2) is 38.8 Å². The van der Waals surface area contributed by atoms with E-state index in [1.54, 1.807) is 19.3 Å². The Hall–Kier alpha value is -4.20. The Labute approximate surface area is 185 Å². The SMILES string of the molecule is Cc1cc(C)c2nc(-c3ccc(N(C)C(=O)c4ccnc(C(N)=O)c4)c(C)c3)ncc2n1.